The molecule has 0 bridgehead atoms. The van der Waals surface area contributed by atoms with Gasteiger partial charge in [-0.15, -0.1) is 0 Å². The van der Waals surface area contributed by atoms with Crippen molar-refractivity contribution in [3.05, 3.63) is 64.1 Å². The van der Waals surface area contributed by atoms with Crippen LogP contribution in [0.2, 0.25) is 0 Å². The van der Waals surface area contributed by atoms with Crippen molar-refractivity contribution < 1.29 is 13.5 Å². The van der Waals surface area contributed by atoms with Gasteiger partial charge < -0.3 is 15.0 Å². The highest BCUT2D eigenvalue weighted by Crippen LogP contribution is 2.25. The number of rotatable bonds is 6. The Morgan fingerprint density at radius 1 is 1.17 bits per heavy atom. The van der Waals surface area contributed by atoms with Crippen LogP contribution in [-0.4, -0.2) is 29.8 Å². The molecule has 0 unspecified atom stereocenters. The Morgan fingerprint density at radius 2 is 1.92 bits per heavy atom. The Balaban J connectivity index is 2.00. The van der Waals surface area contributed by atoms with Gasteiger partial charge in [-0.2, -0.15) is 0 Å². The van der Waals surface area contributed by atoms with E-state index in [0.29, 0.717) is 24.2 Å². The zero-order valence-electron chi connectivity index (χ0n) is 13.1. The van der Waals surface area contributed by atoms with E-state index in [2.05, 4.69) is 10.3 Å². The molecule has 1 aromatic heterocycles. The van der Waals surface area contributed by atoms with E-state index < -0.39 is 5.82 Å². The number of nitrogens with zero attached hydrogens (tertiary/aromatic N) is 1. The number of nitrogens with one attached hydrogen (secondary N) is 2. The standard InChI is InChI=1S/C17H17F2N3O2/c1-20-6-7-24-15-9-13(19)8-14-16(15)21-17(23)22(14)10-11-2-4-12(18)5-3-11/h2-5,8-9,20H,6-7,10H2,1H3,(H,21,23). The minimum Gasteiger partial charge on any atom is -0.490 e. The molecule has 3 aromatic rings. The number of halogens is 2. The third kappa shape index (κ3) is 3.30. The maximum Gasteiger partial charge on any atom is 0.326 e. The van der Waals surface area contributed by atoms with Gasteiger partial charge in [0.25, 0.3) is 0 Å². The second-order valence-corrected chi connectivity index (χ2v) is 5.39. The van der Waals surface area contributed by atoms with Gasteiger partial charge in [-0.1, -0.05) is 12.1 Å². The van der Waals surface area contributed by atoms with E-state index in [1.807, 2.05) is 0 Å². The normalized spacial score (nSPS) is 11.1. The number of H-pyrrole nitrogens is 1. The first-order chi connectivity index (χ1) is 11.6. The fraction of sp³-hybridized carbons (Fsp3) is 0.235. The first-order valence-corrected chi connectivity index (χ1v) is 7.52. The van der Waals surface area contributed by atoms with Crippen LogP contribution in [-0.2, 0) is 6.54 Å². The average Bonchev–Trinajstić information content (AvgIpc) is 2.86. The largest absolute Gasteiger partial charge is 0.490 e. The van der Waals surface area contributed by atoms with Gasteiger partial charge in [-0.25, -0.2) is 13.6 Å². The molecule has 3 rings (SSSR count). The molecule has 126 valence electrons. The van der Waals surface area contributed by atoms with Gasteiger partial charge in [0.2, 0.25) is 0 Å². The van der Waals surface area contributed by atoms with Crippen molar-refractivity contribution in [2.75, 3.05) is 20.2 Å². The summed E-state index contributed by atoms with van der Waals surface area (Å²) in [6.07, 6.45) is 0. The van der Waals surface area contributed by atoms with Gasteiger partial charge in [-0.05, 0) is 24.7 Å². The molecule has 0 radical (unpaired) electrons. The minimum atomic E-state index is -0.492. The molecule has 0 fully saturated rings. The highest BCUT2D eigenvalue weighted by molar-refractivity contribution is 5.82. The van der Waals surface area contributed by atoms with Crippen LogP contribution in [0.5, 0.6) is 5.75 Å². The monoisotopic (exact) mass is 333 g/mol. The molecule has 24 heavy (non-hydrogen) atoms. The first kappa shape index (κ1) is 16.2. The lowest BCUT2D eigenvalue weighted by Gasteiger charge is -2.08. The second kappa shape index (κ2) is 6.84. The van der Waals surface area contributed by atoms with E-state index >= 15 is 0 Å². The van der Waals surface area contributed by atoms with Crippen LogP contribution in [0.3, 0.4) is 0 Å². The second-order valence-electron chi connectivity index (χ2n) is 5.39. The lowest BCUT2D eigenvalue weighted by atomic mass is 10.2. The van der Waals surface area contributed by atoms with Gasteiger partial charge >= 0.3 is 5.69 Å². The van der Waals surface area contributed by atoms with Crippen LogP contribution in [0.4, 0.5) is 8.78 Å². The number of fused-ring (bicyclic) bond motifs is 1. The van der Waals surface area contributed by atoms with Crippen molar-refractivity contribution in [2.24, 2.45) is 0 Å². The Morgan fingerprint density at radius 3 is 2.62 bits per heavy atom. The average molecular weight is 333 g/mol. The Hall–Kier alpha value is -2.67. The number of aromatic nitrogens is 2. The predicted molar refractivity (Wildman–Crippen MR) is 87.4 cm³/mol. The summed E-state index contributed by atoms with van der Waals surface area (Å²) in [6, 6.07) is 8.34. The number of aromatic amines is 1. The predicted octanol–water partition coefficient (Wildman–Crippen LogP) is 2.25. The third-order valence-electron chi connectivity index (χ3n) is 3.68. The molecule has 2 N–H and O–H groups in total. The summed E-state index contributed by atoms with van der Waals surface area (Å²) in [4.78, 5) is 14.9. The van der Waals surface area contributed by atoms with Crippen molar-refractivity contribution in [3.8, 4) is 5.75 Å². The summed E-state index contributed by atoms with van der Waals surface area (Å²) >= 11 is 0. The van der Waals surface area contributed by atoms with Gasteiger partial charge in [0.05, 0.1) is 12.1 Å². The molecule has 0 aliphatic heterocycles. The number of imidazole rings is 1. The van der Waals surface area contributed by atoms with Gasteiger partial charge in [0.15, 0.2) is 0 Å². The Bertz CT molecular complexity index is 901. The van der Waals surface area contributed by atoms with E-state index in [-0.39, 0.29) is 23.8 Å². The zero-order chi connectivity index (χ0) is 17.1. The molecule has 0 amide bonds. The third-order valence-corrected chi connectivity index (χ3v) is 3.68. The number of benzene rings is 2. The number of hydrogen-bond acceptors (Lipinski definition) is 3. The first-order valence-electron chi connectivity index (χ1n) is 7.52. The Kier molecular flexibility index (Phi) is 4.61. The van der Waals surface area contributed by atoms with E-state index in [9.17, 15) is 13.6 Å². The summed E-state index contributed by atoms with van der Waals surface area (Å²) in [5.74, 6) is -0.555. The van der Waals surface area contributed by atoms with Gasteiger partial charge in [0, 0.05) is 18.7 Å². The van der Waals surface area contributed by atoms with Crippen LogP contribution in [0.15, 0.2) is 41.2 Å². The lowest BCUT2D eigenvalue weighted by Crippen LogP contribution is -2.17. The summed E-state index contributed by atoms with van der Waals surface area (Å²) < 4.78 is 33.9. The molecule has 2 aromatic carbocycles. The fourth-order valence-electron chi connectivity index (χ4n) is 2.50. The molecular formula is C17H17F2N3O2. The maximum atomic E-state index is 13.9. The van der Waals surface area contributed by atoms with Crippen LogP contribution in [0.25, 0.3) is 11.0 Å². The summed E-state index contributed by atoms with van der Waals surface area (Å²) in [5, 5.41) is 2.93. The van der Waals surface area contributed by atoms with Crippen molar-refractivity contribution in [1.29, 1.82) is 0 Å². The van der Waals surface area contributed by atoms with E-state index in [1.165, 1.54) is 28.8 Å². The number of likely N-dealkylation sites (N-methyl/N-ethyl adjacent to an activating group) is 1. The molecule has 1 heterocycles. The van der Waals surface area contributed by atoms with Gasteiger partial charge in [0.1, 0.15) is 29.5 Å². The van der Waals surface area contributed by atoms with E-state index in [4.69, 9.17) is 4.74 Å². The molecule has 0 aliphatic carbocycles. The highest BCUT2D eigenvalue weighted by atomic mass is 19.1. The number of ether oxygens (including phenoxy) is 1. The van der Waals surface area contributed by atoms with Crippen LogP contribution in [0.1, 0.15) is 5.56 Å². The molecule has 7 heteroatoms. The number of hydrogen-bond donors (Lipinski definition) is 2. The molecule has 5 nitrogen and oxygen atoms in total. The molecule has 0 saturated heterocycles. The van der Waals surface area contributed by atoms with E-state index in [1.54, 1.807) is 19.2 Å². The molecular weight excluding hydrogens is 316 g/mol. The molecule has 0 atom stereocenters. The summed E-state index contributed by atoms with van der Waals surface area (Å²) in [5.41, 5.74) is 1.21. The van der Waals surface area contributed by atoms with Crippen molar-refractivity contribution in [3.63, 3.8) is 0 Å². The van der Waals surface area contributed by atoms with Crippen LogP contribution in [0, 0.1) is 11.6 Å². The Labute approximate surface area is 136 Å². The van der Waals surface area contributed by atoms with Crippen molar-refractivity contribution >= 4 is 11.0 Å². The lowest BCUT2D eigenvalue weighted by molar-refractivity contribution is 0.320. The van der Waals surface area contributed by atoms with Crippen LogP contribution < -0.4 is 15.7 Å². The van der Waals surface area contributed by atoms with Crippen molar-refractivity contribution in [2.45, 2.75) is 6.54 Å². The maximum absolute atomic E-state index is 13.9. The van der Waals surface area contributed by atoms with Gasteiger partial charge in [-0.3, -0.25) is 4.57 Å². The van der Waals surface area contributed by atoms with E-state index in [0.717, 1.165) is 5.56 Å². The van der Waals surface area contributed by atoms with Crippen molar-refractivity contribution in [1.82, 2.24) is 14.9 Å². The van der Waals surface area contributed by atoms with Crippen LogP contribution >= 0.6 is 0 Å². The highest BCUT2D eigenvalue weighted by Gasteiger charge is 2.14. The topological polar surface area (TPSA) is 59.0 Å². The smallest absolute Gasteiger partial charge is 0.326 e. The summed E-state index contributed by atoms with van der Waals surface area (Å²) in [6.45, 7) is 1.15. The molecule has 0 aliphatic rings. The zero-order valence-corrected chi connectivity index (χ0v) is 13.1. The molecule has 0 spiro atoms. The molecule has 0 saturated carbocycles. The quantitative estimate of drug-likeness (QED) is 0.680. The SMILES string of the molecule is CNCCOc1cc(F)cc2c1[nH]c(=O)n2Cc1ccc(F)cc1. The minimum absolute atomic E-state index is 0.207. The summed E-state index contributed by atoms with van der Waals surface area (Å²) in [7, 11) is 1.78. The fourth-order valence-corrected chi connectivity index (χ4v) is 2.50.